The van der Waals surface area contributed by atoms with Crippen LogP contribution in [0.1, 0.15) is 0 Å². The number of nitrogens with zero attached hydrogens (tertiary/aromatic N) is 2. The maximum atomic E-state index is 11.6. The fraction of sp³-hybridized carbons (Fsp3) is 0.182. The Balaban J connectivity index is 2.73. The van der Waals surface area contributed by atoms with Crippen LogP contribution in [0.3, 0.4) is 0 Å². The minimum atomic E-state index is -1.08. The van der Waals surface area contributed by atoms with Crippen molar-refractivity contribution < 1.29 is 14.6 Å². The van der Waals surface area contributed by atoms with E-state index in [4.69, 9.17) is 9.84 Å². The molecule has 2 aromatic rings. The van der Waals surface area contributed by atoms with Gasteiger partial charge in [-0.25, -0.2) is 0 Å². The third kappa shape index (κ3) is 2.10. The Morgan fingerprint density at radius 3 is 2.94 bits per heavy atom. The molecule has 2 aromatic heterocycles. The number of carboxylic acid groups (broad SMARTS) is 1. The summed E-state index contributed by atoms with van der Waals surface area (Å²) in [7, 11) is 1.48. The van der Waals surface area contributed by atoms with Crippen LogP contribution in [-0.2, 0) is 11.3 Å². The van der Waals surface area contributed by atoms with Crippen molar-refractivity contribution in [3.05, 3.63) is 34.7 Å². The van der Waals surface area contributed by atoms with Crippen LogP contribution >= 0.6 is 0 Å². The van der Waals surface area contributed by atoms with Crippen molar-refractivity contribution in [2.24, 2.45) is 0 Å². The summed E-state index contributed by atoms with van der Waals surface area (Å²) in [6.45, 7) is -0.398. The van der Waals surface area contributed by atoms with Crippen molar-refractivity contribution in [3.63, 3.8) is 0 Å². The van der Waals surface area contributed by atoms with Crippen LogP contribution in [0.25, 0.3) is 11.0 Å². The van der Waals surface area contributed by atoms with Gasteiger partial charge in [0.05, 0.1) is 24.3 Å². The van der Waals surface area contributed by atoms with Crippen molar-refractivity contribution >= 4 is 17.0 Å². The molecule has 0 spiro atoms. The molecule has 6 nitrogen and oxygen atoms in total. The van der Waals surface area contributed by atoms with Gasteiger partial charge in [0.15, 0.2) is 0 Å². The molecule has 2 heterocycles. The van der Waals surface area contributed by atoms with Gasteiger partial charge >= 0.3 is 5.97 Å². The monoisotopic (exact) mass is 234 g/mol. The maximum Gasteiger partial charge on any atom is 0.323 e. The number of carbonyl (C=O) groups is 1. The SMILES string of the molecule is COc1cnc2ccc(=O)n(CC(=O)O)c2c1. The molecule has 0 amide bonds. The Morgan fingerprint density at radius 2 is 2.29 bits per heavy atom. The van der Waals surface area contributed by atoms with Gasteiger partial charge in [-0.3, -0.25) is 19.1 Å². The van der Waals surface area contributed by atoms with Crippen LogP contribution < -0.4 is 10.3 Å². The highest BCUT2D eigenvalue weighted by atomic mass is 16.5. The fourth-order valence-electron chi connectivity index (χ4n) is 1.56. The fourth-order valence-corrected chi connectivity index (χ4v) is 1.56. The Hall–Kier alpha value is -2.37. The normalized spacial score (nSPS) is 10.4. The lowest BCUT2D eigenvalue weighted by Gasteiger charge is -2.08. The van der Waals surface area contributed by atoms with Crippen molar-refractivity contribution in [1.82, 2.24) is 9.55 Å². The van der Waals surface area contributed by atoms with E-state index >= 15 is 0 Å². The molecule has 0 aromatic carbocycles. The number of hydrogen-bond acceptors (Lipinski definition) is 4. The van der Waals surface area contributed by atoms with E-state index < -0.39 is 12.5 Å². The number of carboxylic acids is 1. The van der Waals surface area contributed by atoms with Crippen LogP contribution in [0, 0.1) is 0 Å². The molecule has 0 atom stereocenters. The summed E-state index contributed by atoms with van der Waals surface area (Å²) in [5.74, 6) is -0.607. The Morgan fingerprint density at radius 1 is 1.53 bits per heavy atom. The predicted octanol–water partition coefficient (Wildman–Crippen LogP) is 0.490. The Labute approximate surface area is 96.1 Å². The Kier molecular flexibility index (Phi) is 2.78. The number of hydrogen-bond donors (Lipinski definition) is 1. The molecule has 0 aliphatic rings. The molecular formula is C11H10N2O4. The highest BCUT2D eigenvalue weighted by Gasteiger charge is 2.08. The predicted molar refractivity (Wildman–Crippen MR) is 60.2 cm³/mol. The molecule has 88 valence electrons. The van der Waals surface area contributed by atoms with Gasteiger partial charge in [0.25, 0.3) is 5.56 Å². The number of ether oxygens (including phenoxy) is 1. The molecule has 6 heteroatoms. The van der Waals surface area contributed by atoms with Crippen LogP contribution in [0.15, 0.2) is 29.2 Å². The molecule has 0 saturated carbocycles. The summed E-state index contributed by atoms with van der Waals surface area (Å²) in [6, 6.07) is 4.44. The van der Waals surface area contributed by atoms with E-state index in [1.807, 2.05) is 0 Å². The number of aliphatic carboxylic acids is 1. The largest absolute Gasteiger partial charge is 0.495 e. The zero-order chi connectivity index (χ0) is 12.4. The van der Waals surface area contributed by atoms with Gasteiger partial charge in [0.1, 0.15) is 12.3 Å². The first-order valence-corrected chi connectivity index (χ1v) is 4.87. The molecular weight excluding hydrogens is 224 g/mol. The van der Waals surface area contributed by atoms with E-state index in [0.29, 0.717) is 16.8 Å². The number of pyridine rings is 2. The second-order valence-corrected chi connectivity index (χ2v) is 3.43. The molecule has 0 fully saturated rings. The smallest absolute Gasteiger partial charge is 0.323 e. The molecule has 0 saturated heterocycles. The van der Waals surface area contributed by atoms with Crippen LogP contribution in [0.4, 0.5) is 0 Å². The van der Waals surface area contributed by atoms with Crippen LogP contribution in [0.5, 0.6) is 5.75 Å². The minimum absolute atomic E-state index is 0.380. The second kappa shape index (κ2) is 4.25. The summed E-state index contributed by atoms with van der Waals surface area (Å²) < 4.78 is 6.14. The zero-order valence-corrected chi connectivity index (χ0v) is 9.08. The van der Waals surface area contributed by atoms with Gasteiger partial charge in [-0.05, 0) is 6.07 Å². The highest BCUT2D eigenvalue weighted by molar-refractivity contribution is 5.77. The van der Waals surface area contributed by atoms with E-state index in [2.05, 4.69) is 4.98 Å². The van der Waals surface area contributed by atoms with E-state index in [1.54, 1.807) is 12.1 Å². The zero-order valence-electron chi connectivity index (χ0n) is 9.08. The Bertz CT molecular complexity index is 633. The van der Waals surface area contributed by atoms with Crippen molar-refractivity contribution in [2.45, 2.75) is 6.54 Å². The van der Waals surface area contributed by atoms with E-state index in [0.717, 1.165) is 4.57 Å². The summed E-state index contributed by atoms with van der Waals surface area (Å²) in [6.07, 6.45) is 1.51. The first-order valence-electron chi connectivity index (χ1n) is 4.87. The number of methoxy groups -OCH3 is 1. The van der Waals surface area contributed by atoms with Crippen molar-refractivity contribution in [1.29, 1.82) is 0 Å². The van der Waals surface area contributed by atoms with Crippen molar-refractivity contribution in [2.75, 3.05) is 7.11 Å². The van der Waals surface area contributed by atoms with Gasteiger partial charge in [-0.1, -0.05) is 0 Å². The molecule has 17 heavy (non-hydrogen) atoms. The first-order chi connectivity index (χ1) is 8.11. The summed E-state index contributed by atoms with van der Waals surface area (Å²) in [5, 5.41) is 8.77. The van der Waals surface area contributed by atoms with E-state index in [-0.39, 0.29) is 5.56 Å². The van der Waals surface area contributed by atoms with Crippen molar-refractivity contribution in [3.8, 4) is 5.75 Å². The summed E-state index contributed by atoms with van der Waals surface area (Å²) >= 11 is 0. The lowest BCUT2D eigenvalue weighted by atomic mass is 10.3. The standard InChI is InChI=1S/C11H10N2O4/c1-17-7-4-9-8(12-5-7)2-3-10(14)13(9)6-11(15)16/h2-5H,6H2,1H3,(H,15,16). The third-order valence-corrected chi connectivity index (χ3v) is 2.34. The van der Waals surface area contributed by atoms with Gasteiger partial charge < -0.3 is 9.84 Å². The average Bonchev–Trinajstić information content (AvgIpc) is 2.32. The molecule has 0 aliphatic heterocycles. The highest BCUT2D eigenvalue weighted by Crippen LogP contribution is 2.16. The van der Waals surface area contributed by atoms with Crippen LogP contribution in [0.2, 0.25) is 0 Å². The quantitative estimate of drug-likeness (QED) is 0.835. The van der Waals surface area contributed by atoms with Crippen LogP contribution in [-0.4, -0.2) is 27.7 Å². The maximum absolute atomic E-state index is 11.6. The van der Waals surface area contributed by atoms with E-state index in [1.165, 1.54) is 19.4 Å². The number of fused-ring (bicyclic) bond motifs is 1. The number of aromatic nitrogens is 2. The molecule has 0 aliphatic carbocycles. The summed E-state index contributed by atoms with van der Waals surface area (Å²) in [5.41, 5.74) is 0.612. The lowest BCUT2D eigenvalue weighted by Crippen LogP contribution is -2.23. The molecule has 0 unspecified atom stereocenters. The minimum Gasteiger partial charge on any atom is -0.495 e. The molecule has 2 rings (SSSR count). The summed E-state index contributed by atoms with van der Waals surface area (Å²) in [4.78, 5) is 26.4. The molecule has 0 radical (unpaired) electrons. The van der Waals surface area contributed by atoms with E-state index in [9.17, 15) is 9.59 Å². The van der Waals surface area contributed by atoms with Gasteiger partial charge in [0.2, 0.25) is 0 Å². The van der Waals surface area contributed by atoms with Gasteiger partial charge in [0, 0.05) is 12.1 Å². The second-order valence-electron chi connectivity index (χ2n) is 3.43. The van der Waals surface area contributed by atoms with Gasteiger partial charge in [-0.2, -0.15) is 0 Å². The first kappa shape index (κ1) is 11.1. The average molecular weight is 234 g/mol. The third-order valence-electron chi connectivity index (χ3n) is 2.34. The number of rotatable bonds is 3. The lowest BCUT2D eigenvalue weighted by molar-refractivity contribution is -0.137. The molecule has 1 N–H and O–H groups in total. The topological polar surface area (TPSA) is 81.4 Å². The molecule has 0 bridgehead atoms. The van der Waals surface area contributed by atoms with Gasteiger partial charge in [-0.15, -0.1) is 0 Å².